The van der Waals surface area contributed by atoms with Gasteiger partial charge < -0.3 is 25.4 Å². The lowest BCUT2D eigenvalue weighted by atomic mass is 10.1. The van der Waals surface area contributed by atoms with Gasteiger partial charge in [0.25, 0.3) is 5.91 Å². The van der Waals surface area contributed by atoms with Crippen LogP contribution in [0.4, 0.5) is 5.69 Å². The molecular formula is C18H27N3O4. The molecule has 25 heavy (non-hydrogen) atoms. The van der Waals surface area contributed by atoms with E-state index in [1.807, 2.05) is 6.92 Å². The molecule has 1 aromatic rings. The molecule has 0 aliphatic carbocycles. The molecule has 0 spiro atoms. The van der Waals surface area contributed by atoms with Crippen molar-refractivity contribution in [2.75, 3.05) is 32.6 Å². The van der Waals surface area contributed by atoms with Crippen molar-refractivity contribution in [3.8, 4) is 11.5 Å². The highest BCUT2D eigenvalue weighted by atomic mass is 16.5. The molecule has 1 heterocycles. The van der Waals surface area contributed by atoms with Crippen LogP contribution in [0.25, 0.3) is 0 Å². The van der Waals surface area contributed by atoms with Crippen molar-refractivity contribution in [2.24, 2.45) is 5.73 Å². The van der Waals surface area contributed by atoms with Crippen molar-refractivity contribution in [1.82, 2.24) is 4.90 Å². The Bertz CT molecular complexity index is 627. The summed E-state index contributed by atoms with van der Waals surface area (Å²) in [5, 5.41) is 2.78. The molecule has 1 saturated heterocycles. The number of carbonyl (C=O) groups excluding carboxylic acids is 2. The number of carbonyl (C=O) groups is 2. The van der Waals surface area contributed by atoms with Crippen molar-refractivity contribution >= 4 is 17.5 Å². The molecule has 138 valence electrons. The second-order valence-electron chi connectivity index (χ2n) is 6.14. The lowest BCUT2D eigenvalue weighted by Crippen LogP contribution is -2.36. The van der Waals surface area contributed by atoms with Crippen LogP contribution in [0.5, 0.6) is 11.5 Å². The van der Waals surface area contributed by atoms with E-state index >= 15 is 0 Å². The summed E-state index contributed by atoms with van der Waals surface area (Å²) >= 11 is 0. The average molecular weight is 349 g/mol. The molecule has 1 aromatic carbocycles. The van der Waals surface area contributed by atoms with E-state index in [4.69, 9.17) is 15.2 Å². The monoisotopic (exact) mass is 349 g/mol. The summed E-state index contributed by atoms with van der Waals surface area (Å²) in [4.78, 5) is 27.0. The van der Waals surface area contributed by atoms with Crippen LogP contribution < -0.4 is 20.5 Å². The maximum atomic E-state index is 12.9. The highest BCUT2D eigenvalue weighted by Crippen LogP contribution is 2.34. The molecule has 0 bridgehead atoms. The molecule has 1 aliphatic heterocycles. The van der Waals surface area contributed by atoms with Crippen LogP contribution in [-0.2, 0) is 4.79 Å². The molecule has 0 radical (unpaired) electrons. The van der Waals surface area contributed by atoms with E-state index in [1.165, 1.54) is 14.2 Å². The van der Waals surface area contributed by atoms with Gasteiger partial charge in [0, 0.05) is 19.2 Å². The van der Waals surface area contributed by atoms with Gasteiger partial charge in [0.05, 0.1) is 31.5 Å². The number of nitrogens with zero attached hydrogens (tertiary/aromatic N) is 1. The summed E-state index contributed by atoms with van der Waals surface area (Å²) in [5.41, 5.74) is 6.67. The van der Waals surface area contributed by atoms with E-state index in [-0.39, 0.29) is 11.8 Å². The van der Waals surface area contributed by atoms with E-state index < -0.39 is 6.04 Å². The molecular weight excluding hydrogens is 322 g/mol. The minimum absolute atomic E-state index is 0.127. The number of likely N-dealkylation sites (tertiary alicyclic amines) is 1. The van der Waals surface area contributed by atoms with Crippen LogP contribution in [0.15, 0.2) is 12.1 Å². The van der Waals surface area contributed by atoms with Gasteiger partial charge in [-0.05, 0) is 25.3 Å². The van der Waals surface area contributed by atoms with Gasteiger partial charge >= 0.3 is 0 Å². The van der Waals surface area contributed by atoms with Crippen LogP contribution in [0.3, 0.4) is 0 Å². The third-order valence-electron chi connectivity index (χ3n) is 4.34. The summed E-state index contributed by atoms with van der Waals surface area (Å²) < 4.78 is 10.6. The molecule has 0 saturated carbocycles. The first-order chi connectivity index (χ1) is 12.0. The molecule has 1 aliphatic rings. The first-order valence-corrected chi connectivity index (χ1v) is 8.63. The smallest absolute Gasteiger partial charge is 0.256 e. The number of nitrogens with one attached hydrogen (secondary N) is 1. The van der Waals surface area contributed by atoms with E-state index in [2.05, 4.69) is 5.32 Å². The van der Waals surface area contributed by atoms with Gasteiger partial charge in [0.1, 0.15) is 0 Å². The second-order valence-corrected chi connectivity index (χ2v) is 6.14. The lowest BCUT2D eigenvalue weighted by molar-refractivity contribution is -0.117. The fourth-order valence-corrected chi connectivity index (χ4v) is 2.92. The highest BCUT2D eigenvalue weighted by molar-refractivity contribution is 6.05. The summed E-state index contributed by atoms with van der Waals surface area (Å²) in [7, 11) is 3.02. The SMILES string of the molecule is CCCC(N)C(=O)Nc1cc(OC)c(OC)cc1C(=O)N1CCCC1. The van der Waals surface area contributed by atoms with Gasteiger partial charge in [-0.15, -0.1) is 0 Å². The number of nitrogens with two attached hydrogens (primary N) is 1. The Balaban J connectivity index is 2.37. The topological polar surface area (TPSA) is 93.9 Å². The van der Waals surface area contributed by atoms with Crippen molar-refractivity contribution < 1.29 is 19.1 Å². The van der Waals surface area contributed by atoms with Gasteiger partial charge in [-0.1, -0.05) is 13.3 Å². The molecule has 7 nitrogen and oxygen atoms in total. The third-order valence-corrected chi connectivity index (χ3v) is 4.34. The molecule has 0 aromatic heterocycles. The largest absolute Gasteiger partial charge is 0.493 e. The van der Waals surface area contributed by atoms with Gasteiger partial charge in [0.2, 0.25) is 5.91 Å². The van der Waals surface area contributed by atoms with Gasteiger partial charge in [-0.25, -0.2) is 0 Å². The Kier molecular flexibility index (Phi) is 6.64. The van der Waals surface area contributed by atoms with Crippen LogP contribution >= 0.6 is 0 Å². The first kappa shape index (κ1) is 19.1. The minimum atomic E-state index is -0.618. The Morgan fingerprint density at radius 2 is 1.80 bits per heavy atom. The van der Waals surface area contributed by atoms with Crippen LogP contribution in [-0.4, -0.2) is 50.1 Å². The maximum Gasteiger partial charge on any atom is 0.256 e. The van der Waals surface area contributed by atoms with E-state index in [9.17, 15) is 9.59 Å². The number of rotatable bonds is 7. The number of methoxy groups -OCH3 is 2. The number of benzene rings is 1. The predicted molar refractivity (Wildman–Crippen MR) is 96.2 cm³/mol. The third kappa shape index (κ3) is 4.42. The fraction of sp³-hybridized carbons (Fsp3) is 0.556. The predicted octanol–water partition coefficient (Wildman–Crippen LogP) is 2.01. The molecule has 2 rings (SSSR count). The number of hydrogen-bond donors (Lipinski definition) is 2. The van der Waals surface area contributed by atoms with E-state index in [0.29, 0.717) is 29.2 Å². The van der Waals surface area contributed by atoms with E-state index in [1.54, 1.807) is 17.0 Å². The molecule has 1 unspecified atom stereocenters. The molecule has 7 heteroatoms. The number of amides is 2. The van der Waals surface area contributed by atoms with Gasteiger partial charge in [-0.3, -0.25) is 9.59 Å². The normalized spacial score (nSPS) is 15.0. The van der Waals surface area contributed by atoms with Crippen molar-refractivity contribution in [3.05, 3.63) is 17.7 Å². The van der Waals surface area contributed by atoms with Crippen LogP contribution in [0, 0.1) is 0 Å². The molecule has 1 atom stereocenters. The van der Waals surface area contributed by atoms with Crippen LogP contribution in [0.1, 0.15) is 43.0 Å². The van der Waals surface area contributed by atoms with Crippen molar-refractivity contribution in [2.45, 2.75) is 38.6 Å². The van der Waals surface area contributed by atoms with Crippen molar-refractivity contribution in [1.29, 1.82) is 0 Å². The molecule has 3 N–H and O–H groups in total. The summed E-state index contributed by atoms with van der Waals surface area (Å²) in [6.45, 7) is 3.40. The number of hydrogen-bond acceptors (Lipinski definition) is 5. The van der Waals surface area contributed by atoms with E-state index in [0.717, 1.165) is 32.4 Å². The Morgan fingerprint density at radius 3 is 2.36 bits per heavy atom. The van der Waals surface area contributed by atoms with Gasteiger partial charge in [0.15, 0.2) is 11.5 Å². The Morgan fingerprint density at radius 1 is 1.20 bits per heavy atom. The standard InChI is InChI=1S/C18H27N3O4/c1-4-7-13(19)17(22)20-14-11-16(25-3)15(24-2)10-12(14)18(23)21-8-5-6-9-21/h10-11,13H,4-9,19H2,1-3H3,(H,20,22). The summed E-state index contributed by atoms with van der Waals surface area (Å²) in [6, 6.07) is 2.60. The fourth-order valence-electron chi connectivity index (χ4n) is 2.92. The summed E-state index contributed by atoms with van der Waals surface area (Å²) in [5.74, 6) is 0.447. The number of anilines is 1. The minimum Gasteiger partial charge on any atom is -0.493 e. The maximum absolute atomic E-state index is 12.9. The average Bonchev–Trinajstić information content (AvgIpc) is 3.15. The van der Waals surface area contributed by atoms with Gasteiger partial charge in [-0.2, -0.15) is 0 Å². The second kappa shape index (κ2) is 8.71. The molecule has 2 amide bonds. The number of ether oxygens (including phenoxy) is 2. The Hall–Kier alpha value is -2.28. The quantitative estimate of drug-likeness (QED) is 0.785. The Labute approximate surface area is 148 Å². The van der Waals surface area contributed by atoms with Crippen molar-refractivity contribution in [3.63, 3.8) is 0 Å². The molecule has 1 fully saturated rings. The zero-order valence-electron chi connectivity index (χ0n) is 15.1. The zero-order valence-corrected chi connectivity index (χ0v) is 15.1. The van der Waals surface area contributed by atoms with Crippen LogP contribution in [0.2, 0.25) is 0 Å². The zero-order chi connectivity index (χ0) is 18.4. The highest BCUT2D eigenvalue weighted by Gasteiger charge is 2.25. The summed E-state index contributed by atoms with van der Waals surface area (Å²) in [6.07, 6.45) is 3.36. The lowest BCUT2D eigenvalue weighted by Gasteiger charge is -2.21. The first-order valence-electron chi connectivity index (χ1n) is 8.63.